The fourth-order valence-electron chi connectivity index (χ4n) is 2.19. The quantitative estimate of drug-likeness (QED) is 0.746. The van der Waals surface area contributed by atoms with Gasteiger partial charge in [-0.15, -0.1) is 11.3 Å². The van der Waals surface area contributed by atoms with Gasteiger partial charge in [0.2, 0.25) is 5.91 Å². The Bertz CT molecular complexity index is 910. The monoisotopic (exact) mass is 323 g/mol. The summed E-state index contributed by atoms with van der Waals surface area (Å²) < 4.78 is 0. The maximum atomic E-state index is 11.6. The standard InChI is InChI=1S/C17H12N2O3S/c20-15(8-9-16(21)22)19-17-18-14(10-23-17)13-7-3-5-11-4-1-2-6-12(11)13/h1-10H,(H,21,22)(H,18,19,20)/p-1/b9-8+. The molecule has 0 aliphatic heterocycles. The number of amides is 1. The minimum Gasteiger partial charge on any atom is -0.545 e. The van der Waals surface area contributed by atoms with Crippen LogP contribution in [0.4, 0.5) is 5.13 Å². The Kier molecular flexibility index (Phi) is 4.16. The number of carbonyl (C=O) groups is 2. The van der Waals surface area contributed by atoms with Crippen LogP contribution in [0.2, 0.25) is 0 Å². The lowest BCUT2D eigenvalue weighted by Gasteiger charge is -2.03. The molecule has 23 heavy (non-hydrogen) atoms. The molecule has 0 aliphatic carbocycles. The number of carboxylic acids is 1. The van der Waals surface area contributed by atoms with Crippen molar-refractivity contribution < 1.29 is 14.7 Å². The molecular formula is C17H11N2O3S-. The summed E-state index contributed by atoms with van der Waals surface area (Å²) in [5.41, 5.74) is 1.73. The number of nitrogens with zero attached hydrogens (tertiary/aromatic N) is 1. The van der Waals surface area contributed by atoms with Crippen LogP contribution in [0.15, 0.2) is 60.0 Å². The first-order chi connectivity index (χ1) is 11.1. The highest BCUT2D eigenvalue weighted by molar-refractivity contribution is 7.14. The maximum Gasteiger partial charge on any atom is 0.250 e. The highest BCUT2D eigenvalue weighted by Crippen LogP contribution is 2.30. The lowest BCUT2D eigenvalue weighted by Crippen LogP contribution is -2.20. The number of aromatic nitrogens is 1. The molecule has 6 heteroatoms. The van der Waals surface area contributed by atoms with Gasteiger partial charge in [-0.1, -0.05) is 42.5 Å². The number of hydrogen-bond donors (Lipinski definition) is 1. The van der Waals surface area contributed by atoms with E-state index in [1.54, 1.807) is 0 Å². The third-order valence-electron chi connectivity index (χ3n) is 3.17. The summed E-state index contributed by atoms with van der Waals surface area (Å²) in [4.78, 5) is 26.2. The number of thiazole rings is 1. The highest BCUT2D eigenvalue weighted by Gasteiger charge is 2.09. The first-order valence-electron chi connectivity index (χ1n) is 6.77. The zero-order valence-corrected chi connectivity index (χ0v) is 12.7. The Morgan fingerprint density at radius 3 is 2.70 bits per heavy atom. The molecule has 0 atom stereocenters. The van der Waals surface area contributed by atoms with E-state index in [1.165, 1.54) is 11.3 Å². The van der Waals surface area contributed by atoms with Gasteiger partial charge in [0.15, 0.2) is 5.13 Å². The summed E-state index contributed by atoms with van der Waals surface area (Å²) >= 11 is 1.28. The van der Waals surface area contributed by atoms with Crippen LogP contribution in [-0.4, -0.2) is 16.9 Å². The second-order valence-electron chi connectivity index (χ2n) is 4.71. The van der Waals surface area contributed by atoms with E-state index in [9.17, 15) is 14.7 Å². The normalized spacial score (nSPS) is 11.0. The summed E-state index contributed by atoms with van der Waals surface area (Å²) in [6.07, 6.45) is 1.57. The fourth-order valence-corrected chi connectivity index (χ4v) is 2.91. The number of fused-ring (bicyclic) bond motifs is 1. The lowest BCUT2D eigenvalue weighted by atomic mass is 10.0. The zero-order chi connectivity index (χ0) is 16.2. The molecule has 0 bridgehead atoms. The first-order valence-corrected chi connectivity index (χ1v) is 7.65. The molecule has 0 aliphatic rings. The smallest absolute Gasteiger partial charge is 0.250 e. The van der Waals surface area contributed by atoms with Crippen molar-refractivity contribution in [3.63, 3.8) is 0 Å². The van der Waals surface area contributed by atoms with Gasteiger partial charge in [0.25, 0.3) is 0 Å². The number of aliphatic carboxylic acids is 1. The molecule has 114 valence electrons. The molecule has 0 unspecified atom stereocenters. The predicted molar refractivity (Wildman–Crippen MR) is 87.8 cm³/mol. The molecule has 0 saturated carbocycles. The van der Waals surface area contributed by atoms with Crippen LogP contribution >= 0.6 is 11.3 Å². The van der Waals surface area contributed by atoms with Gasteiger partial charge in [-0.25, -0.2) is 4.98 Å². The Morgan fingerprint density at radius 1 is 1.09 bits per heavy atom. The molecule has 1 heterocycles. The van der Waals surface area contributed by atoms with E-state index in [2.05, 4.69) is 10.3 Å². The van der Waals surface area contributed by atoms with E-state index in [1.807, 2.05) is 47.8 Å². The molecule has 0 fully saturated rings. The van der Waals surface area contributed by atoms with Gasteiger partial charge in [-0.2, -0.15) is 0 Å². The Hall–Kier alpha value is -2.99. The number of hydrogen-bond acceptors (Lipinski definition) is 5. The van der Waals surface area contributed by atoms with Crippen LogP contribution in [-0.2, 0) is 9.59 Å². The van der Waals surface area contributed by atoms with Crippen molar-refractivity contribution in [2.45, 2.75) is 0 Å². The van der Waals surface area contributed by atoms with Crippen LogP contribution in [0, 0.1) is 0 Å². The second kappa shape index (κ2) is 6.41. The van der Waals surface area contributed by atoms with E-state index in [0.29, 0.717) is 11.2 Å². The topological polar surface area (TPSA) is 82.1 Å². The summed E-state index contributed by atoms with van der Waals surface area (Å²) in [5.74, 6) is -1.98. The molecule has 1 aromatic heterocycles. The molecule has 5 nitrogen and oxygen atoms in total. The Labute approximate surface area is 135 Å². The fraction of sp³-hybridized carbons (Fsp3) is 0. The largest absolute Gasteiger partial charge is 0.545 e. The predicted octanol–water partition coefficient (Wildman–Crippen LogP) is 2.21. The van der Waals surface area contributed by atoms with E-state index in [0.717, 1.165) is 28.1 Å². The zero-order valence-electron chi connectivity index (χ0n) is 11.9. The van der Waals surface area contributed by atoms with Crippen LogP contribution in [0.3, 0.4) is 0 Å². The molecule has 3 aromatic rings. The molecule has 1 N–H and O–H groups in total. The van der Waals surface area contributed by atoms with Gasteiger partial charge in [0.05, 0.1) is 11.7 Å². The van der Waals surface area contributed by atoms with Gasteiger partial charge in [0, 0.05) is 17.0 Å². The SMILES string of the molecule is O=C([O-])/C=C/C(=O)Nc1nc(-c2cccc3ccccc23)cs1. The molecule has 1 amide bonds. The van der Waals surface area contributed by atoms with Crippen LogP contribution in [0.1, 0.15) is 0 Å². The molecule has 0 saturated heterocycles. The Morgan fingerprint density at radius 2 is 1.87 bits per heavy atom. The first kappa shape index (κ1) is 14.9. The molecule has 2 aromatic carbocycles. The van der Waals surface area contributed by atoms with E-state index >= 15 is 0 Å². The van der Waals surface area contributed by atoms with Crippen molar-refractivity contribution in [3.05, 3.63) is 60.0 Å². The third-order valence-corrected chi connectivity index (χ3v) is 3.93. The summed E-state index contributed by atoms with van der Waals surface area (Å²) in [5, 5.41) is 17.2. The second-order valence-corrected chi connectivity index (χ2v) is 5.56. The molecular weight excluding hydrogens is 312 g/mol. The van der Waals surface area contributed by atoms with Crippen molar-refractivity contribution in [2.24, 2.45) is 0 Å². The highest BCUT2D eigenvalue weighted by atomic mass is 32.1. The Balaban J connectivity index is 1.87. The van der Waals surface area contributed by atoms with Gasteiger partial charge < -0.3 is 9.90 Å². The summed E-state index contributed by atoms with van der Waals surface area (Å²) in [6, 6.07) is 13.9. The molecule has 3 rings (SSSR count). The van der Waals surface area contributed by atoms with Crippen LogP contribution in [0.5, 0.6) is 0 Å². The number of carbonyl (C=O) groups excluding carboxylic acids is 2. The van der Waals surface area contributed by atoms with Crippen LogP contribution in [0.25, 0.3) is 22.0 Å². The van der Waals surface area contributed by atoms with Crippen molar-refractivity contribution in [2.75, 3.05) is 5.32 Å². The maximum absolute atomic E-state index is 11.6. The number of carboxylic acid groups (broad SMARTS) is 1. The van der Waals surface area contributed by atoms with Crippen molar-refractivity contribution >= 4 is 39.1 Å². The number of anilines is 1. The van der Waals surface area contributed by atoms with Crippen molar-refractivity contribution in [3.8, 4) is 11.3 Å². The summed E-state index contributed by atoms with van der Waals surface area (Å²) in [7, 11) is 0. The van der Waals surface area contributed by atoms with E-state index < -0.39 is 11.9 Å². The molecule has 0 spiro atoms. The average molecular weight is 323 g/mol. The van der Waals surface area contributed by atoms with Gasteiger partial charge >= 0.3 is 0 Å². The lowest BCUT2D eigenvalue weighted by molar-refractivity contribution is -0.297. The van der Waals surface area contributed by atoms with E-state index in [-0.39, 0.29) is 0 Å². The van der Waals surface area contributed by atoms with Gasteiger partial charge in [-0.3, -0.25) is 10.1 Å². The van der Waals surface area contributed by atoms with E-state index in [4.69, 9.17) is 0 Å². The number of nitrogens with one attached hydrogen (secondary N) is 1. The van der Waals surface area contributed by atoms with Gasteiger partial charge in [-0.05, 0) is 16.8 Å². The minimum atomic E-state index is -1.42. The number of rotatable bonds is 4. The minimum absolute atomic E-state index is 0.404. The van der Waals surface area contributed by atoms with Crippen molar-refractivity contribution in [1.82, 2.24) is 4.98 Å². The van der Waals surface area contributed by atoms with Crippen LogP contribution < -0.4 is 10.4 Å². The molecule has 0 radical (unpaired) electrons. The third kappa shape index (κ3) is 3.44. The van der Waals surface area contributed by atoms with Gasteiger partial charge in [0.1, 0.15) is 0 Å². The summed E-state index contributed by atoms with van der Waals surface area (Å²) in [6.45, 7) is 0. The van der Waals surface area contributed by atoms with Crippen molar-refractivity contribution in [1.29, 1.82) is 0 Å². The number of benzene rings is 2. The average Bonchev–Trinajstić information content (AvgIpc) is 3.00.